The third-order valence-electron chi connectivity index (χ3n) is 2.98. The molecule has 2 rings (SSSR count). The smallest absolute Gasteiger partial charge is 0.0991 e. The van der Waals surface area contributed by atoms with Crippen LogP contribution < -0.4 is 5.32 Å². The summed E-state index contributed by atoms with van der Waals surface area (Å²) in [5.74, 6) is 0. The first-order valence-electron chi connectivity index (χ1n) is 6.17. The summed E-state index contributed by atoms with van der Waals surface area (Å²) in [4.78, 5) is 0. The molecule has 0 saturated heterocycles. The quantitative estimate of drug-likeness (QED) is 0.871. The Morgan fingerprint density at radius 2 is 1.94 bits per heavy atom. The average Bonchev–Trinajstić information content (AvgIpc) is 2.87. The van der Waals surface area contributed by atoms with E-state index in [1.54, 1.807) is 0 Å². The van der Waals surface area contributed by atoms with Gasteiger partial charge in [-0.05, 0) is 36.8 Å². The first-order chi connectivity index (χ1) is 8.83. The fourth-order valence-corrected chi connectivity index (χ4v) is 1.95. The van der Waals surface area contributed by atoms with Crippen LogP contribution >= 0.6 is 0 Å². The Labute approximate surface area is 108 Å². The van der Waals surface area contributed by atoms with Crippen molar-refractivity contribution in [1.29, 1.82) is 5.26 Å². The fourth-order valence-electron chi connectivity index (χ4n) is 1.95. The van der Waals surface area contributed by atoms with Crippen LogP contribution in [-0.4, -0.2) is 4.57 Å². The number of nitrogens with zero attached hydrogens (tertiary/aromatic N) is 2. The highest BCUT2D eigenvalue weighted by molar-refractivity contribution is 5.31. The topological polar surface area (TPSA) is 40.8 Å². The number of nitriles is 1. The molecule has 0 fully saturated rings. The molecule has 0 unspecified atom stereocenters. The molecule has 0 radical (unpaired) electrons. The normalized spacial score (nSPS) is 10.2. The van der Waals surface area contributed by atoms with Gasteiger partial charge in [-0.15, -0.1) is 0 Å². The SMILES string of the molecule is CCn1cccc1CNCc1ccc(C#N)cc1. The highest BCUT2D eigenvalue weighted by atomic mass is 15.0. The molecule has 0 saturated carbocycles. The highest BCUT2D eigenvalue weighted by Crippen LogP contribution is 2.05. The van der Waals surface area contributed by atoms with Gasteiger partial charge in [0.15, 0.2) is 0 Å². The second-order valence-corrected chi connectivity index (χ2v) is 4.20. The first-order valence-corrected chi connectivity index (χ1v) is 6.17. The predicted molar refractivity (Wildman–Crippen MR) is 71.8 cm³/mol. The summed E-state index contributed by atoms with van der Waals surface area (Å²) in [5, 5.41) is 12.1. The van der Waals surface area contributed by atoms with E-state index >= 15 is 0 Å². The Morgan fingerprint density at radius 3 is 2.61 bits per heavy atom. The fraction of sp³-hybridized carbons (Fsp3) is 0.267. The Kier molecular flexibility index (Phi) is 4.16. The minimum Gasteiger partial charge on any atom is -0.351 e. The molecule has 0 aliphatic rings. The van der Waals surface area contributed by atoms with E-state index in [9.17, 15) is 0 Å². The summed E-state index contributed by atoms with van der Waals surface area (Å²) < 4.78 is 2.23. The van der Waals surface area contributed by atoms with Gasteiger partial charge in [0.25, 0.3) is 0 Å². The van der Waals surface area contributed by atoms with Crippen LogP contribution in [0.15, 0.2) is 42.6 Å². The molecule has 1 aromatic heterocycles. The molecule has 1 heterocycles. The molecule has 0 aliphatic heterocycles. The molecular weight excluding hydrogens is 222 g/mol. The number of aryl methyl sites for hydroxylation is 1. The van der Waals surface area contributed by atoms with Crippen molar-refractivity contribution in [2.24, 2.45) is 0 Å². The monoisotopic (exact) mass is 239 g/mol. The molecule has 0 aliphatic carbocycles. The van der Waals surface area contributed by atoms with Crippen LogP contribution in [0.1, 0.15) is 23.7 Å². The number of hydrogen-bond donors (Lipinski definition) is 1. The molecule has 0 atom stereocenters. The summed E-state index contributed by atoms with van der Waals surface area (Å²) in [6, 6.07) is 14.0. The summed E-state index contributed by atoms with van der Waals surface area (Å²) in [5.41, 5.74) is 3.20. The number of nitrogens with one attached hydrogen (secondary N) is 1. The van der Waals surface area contributed by atoms with Gasteiger partial charge in [0, 0.05) is 31.5 Å². The van der Waals surface area contributed by atoms with Gasteiger partial charge in [-0.3, -0.25) is 0 Å². The molecule has 92 valence electrons. The van der Waals surface area contributed by atoms with Gasteiger partial charge >= 0.3 is 0 Å². The van der Waals surface area contributed by atoms with Crippen molar-refractivity contribution in [2.45, 2.75) is 26.6 Å². The Balaban J connectivity index is 1.87. The van der Waals surface area contributed by atoms with Crippen molar-refractivity contribution in [3.8, 4) is 6.07 Å². The zero-order valence-electron chi connectivity index (χ0n) is 10.6. The van der Waals surface area contributed by atoms with Crippen molar-refractivity contribution in [3.63, 3.8) is 0 Å². The van der Waals surface area contributed by atoms with E-state index in [4.69, 9.17) is 5.26 Å². The number of rotatable bonds is 5. The van der Waals surface area contributed by atoms with Crippen molar-refractivity contribution < 1.29 is 0 Å². The molecule has 3 heteroatoms. The molecular formula is C15H17N3. The van der Waals surface area contributed by atoms with Crippen LogP contribution in [0.25, 0.3) is 0 Å². The lowest BCUT2D eigenvalue weighted by molar-refractivity contribution is 0.629. The van der Waals surface area contributed by atoms with Crippen LogP contribution in [0.4, 0.5) is 0 Å². The maximum atomic E-state index is 8.72. The lowest BCUT2D eigenvalue weighted by Gasteiger charge is -2.08. The summed E-state index contributed by atoms with van der Waals surface area (Å²) in [7, 11) is 0. The highest BCUT2D eigenvalue weighted by Gasteiger charge is 1.99. The maximum Gasteiger partial charge on any atom is 0.0991 e. The van der Waals surface area contributed by atoms with Gasteiger partial charge in [-0.25, -0.2) is 0 Å². The van der Waals surface area contributed by atoms with Crippen molar-refractivity contribution >= 4 is 0 Å². The largest absolute Gasteiger partial charge is 0.351 e. The van der Waals surface area contributed by atoms with Crippen molar-refractivity contribution in [3.05, 3.63) is 59.4 Å². The van der Waals surface area contributed by atoms with Gasteiger partial charge < -0.3 is 9.88 Å². The zero-order valence-corrected chi connectivity index (χ0v) is 10.6. The van der Waals surface area contributed by atoms with Gasteiger partial charge in [-0.1, -0.05) is 12.1 Å². The van der Waals surface area contributed by atoms with E-state index in [0.29, 0.717) is 5.56 Å². The van der Waals surface area contributed by atoms with Gasteiger partial charge in [0.1, 0.15) is 0 Å². The first kappa shape index (κ1) is 12.4. The Hall–Kier alpha value is -2.05. The maximum absolute atomic E-state index is 8.72. The molecule has 2 aromatic rings. The average molecular weight is 239 g/mol. The second kappa shape index (κ2) is 6.04. The van der Waals surface area contributed by atoms with Crippen LogP contribution in [0, 0.1) is 11.3 Å². The second-order valence-electron chi connectivity index (χ2n) is 4.20. The minimum absolute atomic E-state index is 0.707. The van der Waals surface area contributed by atoms with E-state index in [1.165, 1.54) is 11.3 Å². The van der Waals surface area contributed by atoms with Gasteiger partial charge in [0.2, 0.25) is 0 Å². The Bertz CT molecular complexity index is 532. The van der Waals surface area contributed by atoms with Crippen LogP contribution in [0.5, 0.6) is 0 Å². The predicted octanol–water partition coefficient (Wildman–Crippen LogP) is 2.67. The lowest BCUT2D eigenvalue weighted by atomic mass is 10.1. The summed E-state index contributed by atoms with van der Waals surface area (Å²) in [6.45, 7) is 4.83. The number of aromatic nitrogens is 1. The molecule has 18 heavy (non-hydrogen) atoms. The van der Waals surface area contributed by atoms with Crippen molar-refractivity contribution in [2.75, 3.05) is 0 Å². The molecule has 0 spiro atoms. The third-order valence-corrected chi connectivity index (χ3v) is 2.98. The molecule has 1 N–H and O–H groups in total. The van der Waals surface area contributed by atoms with E-state index in [1.807, 2.05) is 24.3 Å². The number of hydrogen-bond acceptors (Lipinski definition) is 2. The zero-order chi connectivity index (χ0) is 12.8. The van der Waals surface area contributed by atoms with Crippen LogP contribution in [-0.2, 0) is 19.6 Å². The summed E-state index contributed by atoms with van der Waals surface area (Å²) in [6.07, 6.45) is 2.10. The van der Waals surface area contributed by atoms with Crippen LogP contribution in [0.2, 0.25) is 0 Å². The van der Waals surface area contributed by atoms with E-state index in [-0.39, 0.29) is 0 Å². The van der Waals surface area contributed by atoms with E-state index in [0.717, 1.165) is 19.6 Å². The van der Waals surface area contributed by atoms with Gasteiger partial charge in [0.05, 0.1) is 11.6 Å². The van der Waals surface area contributed by atoms with Crippen LogP contribution in [0.3, 0.4) is 0 Å². The van der Waals surface area contributed by atoms with Crippen molar-refractivity contribution in [1.82, 2.24) is 9.88 Å². The Morgan fingerprint density at radius 1 is 1.17 bits per heavy atom. The van der Waals surface area contributed by atoms with Gasteiger partial charge in [-0.2, -0.15) is 5.26 Å². The molecule has 0 amide bonds. The number of benzene rings is 1. The standard InChI is InChI=1S/C15H17N3/c1-2-18-9-3-4-15(18)12-17-11-14-7-5-13(10-16)6-8-14/h3-9,17H,2,11-12H2,1H3. The lowest BCUT2D eigenvalue weighted by Crippen LogP contribution is -2.15. The minimum atomic E-state index is 0.707. The van der Waals surface area contributed by atoms with E-state index in [2.05, 4.69) is 41.2 Å². The third kappa shape index (κ3) is 2.99. The molecule has 0 bridgehead atoms. The molecule has 3 nitrogen and oxygen atoms in total. The summed E-state index contributed by atoms with van der Waals surface area (Å²) >= 11 is 0. The molecule has 1 aromatic carbocycles. The van der Waals surface area contributed by atoms with E-state index < -0.39 is 0 Å².